The zero-order chi connectivity index (χ0) is 21.1. The summed E-state index contributed by atoms with van der Waals surface area (Å²) < 4.78 is 21.9. The predicted octanol–water partition coefficient (Wildman–Crippen LogP) is 3.48. The first-order valence-electron chi connectivity index (χ1n) is 10.4. The molecule has 4 rings (SSSR count). The molecule has 1 saturated carbocycles. The largest absolute Gasteiger partial charge is 0.477 e. The third-order valence-corrected chi connectivity index (χ3v) is 5.38. The van der Waals surface area contributed by atoms with Crippen LogP contribution in [-0.4, -0.2) is 41.0 Å². The number of rotatable bonds is 7. The maximum absolute atomic E-state index is 12.5. The number of nitrogens with zero attached hydrogens (tertiary/aromatic N) is 3. The lowest BCUT2D eigenvalue weighted by Gasteiger charge is -2.24. The minimum absolute atomic E-state index is 0.189. The number of carbonyl (C=O) groups is 1. The van der Waals surface area contributed by atoms with E-state index in [-0.39, 0.29) is 5.88 Å². The minimum atomic E-state index is -0.859. The van der Waals surface area contributed by atoms with Crippen LogP contribution in [0.1, 0.15) is 62.7 Å². The van der Waals surface area contributed by atoms with E-state index in [1.807, 2.05) is 6.07 Å². The van der Waals surface area contributed by atoms with Gasteiger partial charge in [0.25, 0.3) is 0 Å². The normalized spacial score (nSPS) is 17.6. The molecular weight excluding hydrogens is 388 g/mol. The zero-order valence-electron chi connectivity index (χ0n) is 17.6. The van der Waals surface area contributed by atoms with Crippen LogP contribution in [0, 0.1) is 12.8 Å². The molecule has 0 spiro atoms. The molecule has 0 aromatic carbocycles. The van der Waals surface area contributed by atoms with Gasteiger partial charge in [0.15, 0.2) is 5.82 Å². The van der Waals surface area contributed by atoms with E-state index in [1.54, 1.807) is 26.8 Å². The quantitative estimate of drug-likeness (QED) is 0.731. The van der Waals surface area contributed by atoms with Crippen LogP contribution in [0.25, 0.3) is 0 Å². The molecule has 0 bridgehead atoms. The molecule has 3 heterocycles. The number of pyridine rings is 1. The molecule has 9 nitrogen and oxygen atoms in total. The highest BCUT2D eigenvalue weighted by atomic mass is 16.6. The number of carbonyl (C=O) groups excluding carboxylic acids is 1. The molecule has 1 N–H and O–H groups in total. The highest BCUT2D eigenvalue weighted by molar-refractivity contribution is 5.71. The Labute approximate surface area is 175 Å². The van der Waals surface area contributed by atoms with Gasteiger partial charge >= 0.3 is 6.09 Å². The van der Waals surface area contributed by atoms with Crippen molar-refractivity contribution in [3.05, 3.63) is 29.4 Å². The fourth-order valence-electron chi connectivity index (χ4n) is 3.39. The van der Waals surface area contributed by atoms with Crippen molar-refractivity contribution in [2.24, 2.45) is 5.92 Å². The van der Waals surface area contributed by atoms with Crippen molar-refractivity contribution >= 4 is 6.09 Å². The molecular formula is C21H28N4O5. The van der Waals surface area contributed by atoms with E-state index in [1.165, 1.54) is 12.8 Å². The lowest BCUT2D eigenvalue weighted by atomic mass is 9.92. The first-order valence-corrected chi connectivity index (χ1v) is 10.4. The van der Waals surface area contributed by atoms with Crippen LogP contribution in [0.4, 0.5) is 4.79 Å². The van der Waals surface area contributed by atoms with Crippen molar-refractivity contribution in [2.45, 2.75) is 57.9 Å². The topological polar surface area (TPSA) is 109 Å². The summed E-state index contributed by atoms with van der Waals surface area (Å²) >= 11 is 0. The van der Waals surface area contributed by atoms with Gasteiger partial charge in [-0.1, -0.05) is 5.16 Å². The molecule has 0 radical (unpaired) electrons. The molecule has 30 heavy (non-hydrogen) atoms. The van der Waals surface area contributed by atoms with Gasteiger partial charge < -0.3 is 24.1 Å². The molecule has 0 unspecified atom stereocenters. The van der Waals surface area contributed by atoms with Crippen molar-refractivity contribution in [1.82, 2.24) is 20.4 Å². The molecule has 2 aliphatic rings. The van der Waals surface area contributed by atoms with Gasteiger partial charge in [0.1, 0.15) is 5.54 Å². The summed E-state index contributed by atoms with van der Waals surface area (Å²) in [5.41, 5.74) is 0.191. The van der Waals surface area contributed by atoms with E-state index in [4.69, 9.17) is 18.7 Å². The highest BCUT2D eigenvalue weighted by Crippen LogP contribution is 2.36. The molecule has 2 aromatic heterocycles. The van der Waals surface area contributed by atoms with Crippen molar-refractivity contribution < 1.29 is 23.5 Å². The Morgan fingerprint density at radius 2 is 1.97 bits per heavy atom. The Morgan fingerprint density at radius 1 is 1.20 bits per heavy atom. The fraction of sp³-hybridized carbons (Fsp3) is 0.619. The second-order valence-corrected chi connectivity index (χ2v) is 8.46. The van der Waals surface area contributed by atoms with Crippen LogP contribution in [0.2, 0.25) is 0 Å². The summed E-state index contributed by atoms with van der Waals surface area (Å²) in [4.78, 5) is 21.1. The molecule has 0 atom stereocenters. The molecule has 162 valence electrons. The van der Waals surface area contributed by atoms with E-state index >= 15 is 0 Å². The summed E-state index contributed by atoms with van der Waals surface area (Å²) in [7, 11) is 0. The number of amides is 1. The number of aromatic nitrogens is 3. The SMILES string of the molecule is Cc1nc(C(C)(C)NC(=O)Oc2ccc(C3CCOCC3)c(OCC3CC3)n2)no1. The zero-order valence-corrected chi connectivity index (χ0v) is 17.6. The van der Waals surface area contributed by atoms with E-state index < -0.39 is 11.6 Å². The first-order chi connectivity index (χ1) is 14.4. The van der Waals surface area contributed by atoms with Gasteiger partial charge in [0, 0.05) is 31.8 Å². The fourth-order valence-corrected chi connectivity index (χ4v) is 3.39. The Bertz CT molecular complexity index is 887. The summed E-state index contributed by atoms with van der Waals surface area (Å²) in [5, 5.41) is 6.62. The Balaban J connectivity index is 1.46. The maximum Gasteiger partial charge on any atom is 0.414 e. The summed E-state index contributed by atoms with van der Waals surface area (Å²) in [6.07, 6.45) is 3.59. The van der Waals surface area contributed by atoms with Gasteiger partial charge in [-0.3, -0.25) is 0 Å². The molecule has 1 aliphatic carbocycles. The lowest BCUT2D eigenvalue weighted by molar-refractivity contribution is 0.0844. The van der Waals surface area contributed by atoms with Crippen LogP contribution in [-0.2, 0) is 10.3 Å². The first kappa shape index (κ1) is 20.6. The molecule has 9 heteroatoms. The van der Waals surface area contributed by atoms with Crippen LogP contribution < -0.4 is 14.8 Å². The smallest absolute Gasteiger partial charge is 0.414 e. The van der Waals surface area contributed by atoms with Gasteiger partial charge in [-0.15, -0.1) is 0 Å². The molecule has 2 fully saturated rings. The Kier molecular flexibility index (Phi) is 5.90. The van der Waals surface area contributed by atoms with Gasteiger partial charge in [-0.25, -0.2) is 4.79 Å². The van der Waals surface area contributed by atoms with Crippen molar-refractivity contribution in [3.8, 4) is 11.8 Å². The van der Waals surface area contributed by atoms with Crippen LogP contribution in [0.15, 0.2) is 16.7 Å². The molecule has 1 aliphatic heterocycles. The van der Waals surface area contributed by atoms with E-state index in [0.717, 1.165) is 31.6 Å². The van der Waals surface area contributed by atoms with Crippen molar-refractivity contribution in [1.29, 1.82) is 0 Å². The third-order valence-electron chi connectivity index (χ3n) is 5.38. The van der Waals surface area contributed by atoms with E-state index in [9.17, 15) is 4.79 Å². The standard InChI is InChI=1S/C21H28N4O5/c1-13-22-19(25-30-13)21(2,3)24-20(26)29-17-7-6-16(15-8-10-27-11-9-15)18(23-17)28-12-14-4-5-14/h6-7,14-15H,4-5,8-12H2,1-3H3,(H,24,26). The van der Waals surface area contributed by atoms with Gasteiger partial charge in [0.2, 0.25) is 17.7 Å². The van der Waals surface area contributed by atoms with Crippen LogP contribution in [0.3, 0.4) is 0 Å². The number of hydrogen-bond acceptors (Lipinski definition) is 8. The van der Waals surface area contributed by atoms with Gasteiger partial charge in [0.05, 0.1) is 6.61 Å². The second-order valence-electron chi connectivity index (χ2n) is 8.46. The van der Waals surface area contributed by atoms with Gasteiger partial charge in [-0.05, 0) is 57.4 Å². The number of aryl methyl sites for hydroxylation is 1. The summed E-state index contributed by atoms with van der Waals surface area (Å²) in [6.45, 7) is 7.34. The highest BCUT2D eigenvalue weighted by Gasteiger charge is 2.30. The molecule has 1 amide bonds. The lowest BCUT2D eigenvalue weighted by Crippen LogP contribution is -2.43. The monoisotopic (exact) mass is 416 g/mol. The van der Waals surface area contributed by atoms with Gasteiger partial charge in [-0.2, -0.15) is 9.97 Å². The van der Waals surface area contributed by atoms with Crippen molar-refractivity contribution in [2.75, 3.05) is 19.8 Å². The number of nitrogens with one attached hydrogen (secondary N) is 1. The van der Waals surface area contributed by atoms with E-state index in [0.29, 0.717) is 36.0 Å². The predicted molar refractivity (Wildman–Crippen MR) is 106 cm³/mol. The average Bonchev–Trinajstić information content (AvgIpc) is 3.44. The third kappa shape index (κ3) is 5.08. The number of hydrogen-bond donors (Lipinski definition) is 1. The summed E-state index contributed by atoms with van der Waals surface area (Å²) in [5.74, 6) is 2.47. The number of ether oxygens (including phenoxy) is 3. The molecule has 2 aromatic rings. The minimum Gasteiger partial charge on any atom is -0.477 e. The van der Waals surface area contributed by atoms with Crippen LogP contribution >= 0.6 is 0 Å². The Hall–Kier alpha value is -2.68. The van der Waals surface area contributed by atoms with Crippen molar-refractivity contribution in [3.63, 3.8) is 0 Å². The summed E-state index contributed by atoms with van der Waals surface area (Å²) in [6, 6.07) is 3.65. The molecule has 1 saturated heterocycles. The Morgan fingerprint density at radius 3 is 2.63 bits per heavy atom. The van der Waals surface area contributed by atoms with E-state index in [2.05, 4.69) is 20.4 Å². The van der Waals surface area contributed by atoms with Crippen LogP contribution in [0.5, 0.6) is 11.8 Å². The second kappa shape index (κ2) is 8.59. The average molecular weight is 416 g/mol. The maximum atomic E-state index is 12.5.